The maximum atomic E-state index is 13.1. The number of hydrogen-bond acceptors (Lipinski definition) is 10. The van der Waals surface area contributed by atoms with Crippen LogP contribution in [0.4, 0.5) is 5.13 Å². The minimum atomic E-state index is -1.24. The SMILES string of the molecule is CCCCCCCCNC(=O)c1ccc[n+](CC2=C(C(=O)O)N3C(=O)[C@@H](NC(=O)/C(=N\OC)c4csc(N)n4)[C@H]3SC2)c1. The van der Waals surface area contributed by atoms with Crippen LogP contribution in [0.15, 0.2) is 46.3 Å². The number of thiazole rings is 1. The molecule has 2 aromatic heterocycles. The smallest absolute Gasteiger partial charge is 0.352 e. The third-order valence-electron chi connectivity index (χ3n) is 7.01. The zero-order valence-electron chi connectivity index (χ0n) is 24.1. The van der Waals surface area contributed by atoms with Gasteiger partial charge >= 0.3 is 5.97 Å². The van der Waals surface area contributed by atoms with Gasteiger partial charge in [-0.3, -0.25) is 19.3 Å². The highest BCUT2D eigenvalue weighted by Gasteiger charge is 2.54. The van der Waals surface area contributed by atoms with E-state index in [2.05, 4.69) is 27.7 Å². The van der Waals surface area contributed by atoms with Crippen LogP contribution in [-0.2, 0) is 25.8 Å². The largest absolute Gasteiger partial charge is 0.477 e. The number of nitrogens with two attached hydrogens (primary N) is 1. The molecular formula is C28H36N7O6S2+. The highest BCUT2D eigenvalue weighted by molar-refractivity contribution is 8.00. The number of nitrogen functional groups attached to an aromatic ring is 1. The maximum absolute atomic E-state index is 13.1. The number of amides is 3. The predicted molar refractivity (Wildman–Crippen MR) is 162 cm³/mol. The number of thioether (sulfide) groups is 1. The average Bonchev–Trinajstić information content (AvgIpc) is 3.43. The lowest BCUT2D eigenvalue weighted by Crippen LogP contribution is -2.71. The summed E-state index contributed by atoms with van der Waals surface area (Å²) in [5, 5.41) is 20.5. The zero-order chi connectivity index (χ0) is 30.9. The van der Waals surface area contributed by atoms with Crippen LogP contribution >= 0.6 is 23.1 Å². The fraction of sp³-hybridized carbons (Fsp3) is 0.464. The molecule has 1 saturated heterocycles. The van der Waals surface area contributed by atoms with Crippen molar-refractivity contribution in [3.8, 4) is 0 Å². The van der Waals surface area contributed by atoms with Crippen molar-refractivity contribution in [2.24, 2.45) is 5.16 Å². The average molecular weight is 631 g/mol. The lowest BCUT2D eigenvalue weighted by atomic mass is 10.0. The van der Waals surface area contributed by atoms with E-state index < -0.39 is 29.2 Å². The lowest BCUT2D eigenvalue weighted by molar-refractivity contribution is -0.689. The summed E-state index contributed by atoms with van der Waals surface area (Å²) in [6.07, 6.45) is 10.2. The molecule has 0 radical (unpaired) electrons. The van der Waals surface area contributed by atoms with Gasteiger partial charge in [-0.1, -0.05) is 44.2 Å². The Bertz CT molecular complexity index is 1430. The molecule has 0 saturated carbocycles. The summed E-state index contributed by atoms with van der Waals surface area (Å²) in [6.45, 7) is 2.95. The molecule has 0 bridgehead atoms. The topological polar surface area (TPSA) is 180 Å². The van der Waals surface area contributed by atoms with Crippen LogP contribution in [0.3, 0.4) is 0 Å². The number of carboxylic acids is 1. The normalized spacial score (nSPS) is 18.1. The van der Waals surface area contributed by atoms with Gasteiger partial charge in [0.1, 0.15) is 35.5 Å². The van der Waals surface area contributed by atoms with Gasteiger partial charge in [0.05, 0.1) is 0 Å². The minimum absolute atomic E-state index is 0.122. The van der Waals surface area contributed by atoms with Gasteiger partial charge in [0.15, 0.2) is 29.8 Å². The number of nitrogens with one attached hydrogen (secondary N) is 2. The molecule has 15 heteroatoms. The number of carboxylic acid groups (broad SMARTS) is 1. The third kappa shape index (κ3) is 7.70. The van der Waals surface area contributed by atoms with E-state index in [1.807, 2.05) is 0 Å². The van der Waals surface area contributed by atoms with Crippen molar-refractivity contribution in [1.82, 2.24) is 20.5 Å². The van der Waals surface area contributed by atoms with Gasteiger partial charge in [-0.25, -0.2) is 14.3 Å². The standard InChI is InChI=1S/C28H35N7O6S2/c1-3-4-5-6-7-8-11-30-23(36)17-10-9-12-34(13-17)14-18-15-42-26-21(25(38)35(26)22(18)27(39)40)32-24(37)20(33-41-2)19-16-43-28(29)31-19/h9-10,12-13,16,21,26H,3-8,11,14-15H2,1-2H3,(H4-,29,30,31,32,36,37,39,40)/p+1/b33-20-/t21-,26-/m1/s1. The first kappa shape index (κ1) is 31.9. The number of β-lactam (4-membered cyclic amide) rings is 1. The number of unbranched alkanes of at least 4 members (excludes halogenated alkanes) is 5. The van der Waals surface area contributed by atoms with Gasteiger partial charge in [-0.05, 0) is 12.5 Å². The minimum Gasteiger partial charge on any atom is -0.477 e. The van der Waals surface area contributed by atoms with Crippen molar-refractivity contribution in [3.63, 3.8) is 0 Å². The highest BCUT2D eigenvalue weighted by Crippen LogP contribution is 2.40. The number of fused-ring (bicyclic) bond motifs is 1. The van der Waals surface area contributed by atoms with Gasteiger partial charge in [-0.15, -0.1) is 23.1 Å². The van der Waals surface area contributed by atoms with Crippen molar-refractivity contribution >= 4 is 57.6 Å². The van der Waals surface area contributed by atoms with E-state index in [0.717, 1.165) is 30.6 Å². The summed E-state index contributed by atoms with van der Waals surface area (Å²) in [5.41, 5.74) is 6.58. The van der Waals surface area contributed by atoms with Crippen molar-refractivity contribution in [1.29, 1.82) is 0 Å². The summed E-state index contributed by atoms with van der Waals surface area (Å²) in [5.74, 6) is -2.37. The molecule has 0 aliphatic carbocycles. The number of hydrogen-bond donors (Lipinski definition) is 4. The molecule has 1 fully saturated rings. The molecule has 2 atom stereocenters. The van der Waals surface area contributed by atoms with Crippen LogP contribution in [-0.4, -0.2) is 75.2 Å². The Labute approximate surface area is 257 Å². The monoisotopic (exact) mass is 630 g/mol. The lowest BCUT2D eigenvalue weighted by Gasteiger charge is -2.49. The van der Waals surface area contributed by atoms with Crippen LogP contribution in [0.25, 0.3) is 0 Å². The van der Waals surface area contributed by atoms with E-state index in [-0.39, 0.29) is 34.7 Å². The fourth-order valence-corrected chi connectivity index (χ4v) is 6.77. The van der Waals surface area contributed by atoms with Crippen LogP contribution < -0.4 is 20.9 Å². The zero-order valence-corrected chi connectivity index (χ0v) is 25.7. The highest BCUT2D eigenvalue weighted by atomic mass is 32.2. The van der Waals surface area contributed by atoms with Crippen LogP contribution in [0.5, 0.6) is 0 Å². The van der Waals surface area contributed by atoms with Crippen LogP contribution in [0, 0.1) is 0 Å². The molecule has 0 spiro atoms. The van der Waals surface area contributed by atoms with E-state index >= 15 is 0 Å². The molecule has 2 aliphatic rings. The molecule has 2 aliphatic heterocycles. The summed E-state index contributed by atoms with van der Waals surface area (Å²) < 4.78 is 1.73. The Morgan fingerprint density at radius 2 is 2.02 bits per heavy atom. The summed E-state index contributed by atoms with van der Waals surface area (Å²) in [6, 6.07) is 2.48. The molecule has 2 aromatic rings. The molecule has 0 aromatic carbocycles. The molecule has 13 nitrogen and oxygen atoms in total. The van der Waals surface area contributed by atoms with Crippen molar-refractivity contribution in [3.05, 3.63) is 52.4 Å². The molecule has 43 heavy (non-hydrogen) atoms. The predicted octanol–water partition coefficient (Wildman–Crippen LogP) is 1.89. The summed E-state index contributed by atoms with van der Waals surface area (Å²) >= 11 is 2.47. The van der Waals surface area contributed by atoms with Gasteiger partial charge < -0.3 is 26.3 Å². The number of oxime groups is 1. The molecule has 0 unspecified atom stereocenters. The van der Waals surface area contributed by atoms with Crippen LogP contribution in [0.2, 0.25) is 0 Å². The van der Waals surface area contributed by atoms with E-state index in [0.29, 0.717) is 23.4 Å². The van der Waals surface area contributed by atoms with E-state index in [1.54, 1.807) is 34.5 Å². The Hall–Kier alpha value is -3.98. The number of nitrogens with zero attached hydrogens (tertiary/aromatic N) is 4. The molecule has 5 N–H and O–H groups in total. The second-order valence-electron chi connectivity index (χ2n) is 10.1. The number of pyridine rings is 1. The Balaban J connectivity index is 1.40. The first-order chi connectivity index (χ1) is 20.7. The third-order valence-corrected chi connectivity index (χ3v) is 9.02. The Morgan fingerprint density at radius 3 is 2.72 bits per heavy atom. The number of aliphatic carboxylic acids is 1. The van der Waals surface area contributed by atoms with Gasteiger partial charge in [0, 0.05) is 29.3 Å². The van der Waals surface area contributed by atoms with Crippen molar-refractivity contribution in [2.45, 2.75) is 63.4 Å². The number of carbonyl (C=O) groups is 4. The summed E-state index contributed by atoms with van der Waals surface area (Å²) in [7, 11) is 1.28. The van der Waals surface area contributed by atoms with Crippen molar-refractivity contribution in [2.75, 3.05) is 25.1 Å². The first-order valence-corrected chi connectivity index (χ1v) is 16.0. The van der Waals surface area contributed by atoms with Crippen LogP contribution in [0.1, 0.15) is 61.5 Å². The maximum Gasteiger partial charge on any atom is 0.352 e. The second kappa shape index (κ2) is 15.0. The van der Waals surface area contributed by atoms with Crippen molar-refractivity contribution < 1.29 is 33.7 Å². The first-order valence-electron chi connectivity index (χ1n) is 14.1. The molecular weight excluding hydrogens is 594 g/mol. The molecule has 3 amide bonds. The van der Waals surface area contributed by atoms with Gasteiger partial charge in [-0.2, -0.15) is 0 Å². The fourth-order valence-electron chi connectivity index (χ4n) is 4.89. The number of rotatable bonds is 15. The second-order valence-corrected chi connectivity index (χ2v) is 12.1. The van der Waals surface area contributed by atoms with E-state index in [9.17, 15) is 24.3 Å². The molecule has 230 valence electrons. The molecule has 4 heterocycles. The van der Waals surface area contributed by atoms with Gasteiger partial charge in [0.2, 0.25) is 0 Å². The number of aromatic nitrogens is 2. The summed E-state index contributed by atoms with van der Waals surface area (Å²) in [4.78, 5) is 61.2. The number of carbonyl (C=O) groups excluding carboxylic acids is 3. The van der Waals surface area contributed by atoms with E-state index in [1.165, 1.54) is 43.0 Å². The Morgan fingerprint density at radius 1 is 1.26 bits per heavy atom. The van der Waals surface area contributed by atoms with Gasteiger partial charge in [0.25, 0.3) is 17.7 Å². The van der Waals surface area contributed by atoms with E-state index in [4.69, 9.17) is 10.6 Å². The molecule has 4 rings (SSSR count). The number of anilines is 1. The quantitative estimate of drug-likeness (QED) is 0.0751. The Kier molecular flexibility index (Phi) is 11.1.